The number of carbonyl (C=O) groups is 1. The zero-order valence-corrected chi connectivity index (χ0v) is 22.8. The number of hydrogen-bond acceptors (Lipinski definition) is 6. The van der Waals surface area contributed by atoms with Gasteiger partial charge in [0.1, 0.15) is 18.1 Å². The van der Waals surface area contributed by atoms with Crippen LogP contribution in [-0.2, 0) is 11.3 Å². The van der Waals surface area contributed by atoms with E-state index in [9.17, 15) is 9.59 Å². The van der Waals surface area contributed by atoms with Gasteiger partial charge in [-0.05, 0) is 83.0 Å². The molecule has 1 amide bonds. The van der Waals surface area contributed by atoms with Gasteiger partial charge in [-0.3, -0.25) is 14.2 Å². The molecule has 0 radical (unpaired) electrons. The van der Waals surface area contributed by atoms with Gasteiger partial charge in [0, 0.05) is 36.4 Å². The number of likely N-dealkylation sites (tertiary alicyclic amines) is 1. The first-order valence-corrected chi connectivity index (χ1v) is 13.9. The Morgan fingerprint density at radius 3 is 2.53 bits per heavy atom. The monoisotopic (exact) mass is 517 g/mol. The molecule has 2 aliphatic rings. The Morgan fingerprint density at radius 2 is 1.82 bits per heavy atom. The number of aromatic nitrogens is 2. The standard InChI is InChI=1S/C30H39N5O3/c1-21(2)31-28(36)20-35-29(22-8-7-9-25(18-22)38-3)32-27-11-10-24(19-26(27)30(35)37)34-16-12-23(13-17-34)33-14-5-4-6-15-33/h7-11,18-19,21,23H,4-6,12-17,20H2,1-3H3,(H,31,36). The van der Waals surface area contributed by atoms with Gasteiger partial charge in [0.2, 0.25) is 5.91 Å². The van der Waals surface area contributed by atoms with Crippen LogP contribution in [0.1, 0.15) is 46.0 Å². The molecule has 2 aliphatic heterocycles. The molecule has 0 atom stereocenters. The number of ether oxygens (including phenoxy) is 1. The molecule has 0 saturated carbocycles. The minimum Gasteiger partial charge on any atom is -0.497 e. The van der Waals surface area contributed by atoms with Gasteiger partial charge in [0.15, 0.2) is 0 Å². The van der Waals surface area contributed by atoms with Crippen molar-refractivity contribution in [3.8, 4) is 17.1 Å². The van der Waals surface area contributed by atoms with Crippen LogP contribution in [0.5, 0.6) is 5.75 Å². The van der Waals surface area contributed by atoms with Crippen molar-refractivity contribution in [2.75, 3.05) is 38.2 Å². The number of hydrogen-bond donors (Lipinski definition) is 1. The summed E-state index contributed by atoms with van der Waals surface area (Å²) >= 11 is 0. The fraction of sp³-hybridized carbons (Fsp3) is 0.500. The lowest BCUT2D eigenvalue weighted by atomic mass is 9.99. The zero-order chi connectivity index (χ0) is 26.6. The molecule has 0 bridgehead atoms. The molecule has 3 aromatic rings. The van der Waals surface area contributed by atoms with E-state index in [1.807, 2.05) is 50.2 Å². The lowest BCUT2D eigenvalue weighted by Gasteiger charge is -2.41. The fourth-order valence-corrected chi connectivity index (χ4v) is 5.82. The van der Waals surface area contributed by atoms with Crippen LogP contribution in [0.3, 0.4) is 0 Å². The molecule has 0 aliphatic carbocycles. The summed E-state index contributed by atoms with van der Waals surface area (Å²) in [4.78, 5) is 36.6. The number of benzene rings is 2. The summed E-state index contributed by atoms with van der Waals surface area (Å²) < 4.78 is 6.88. The van der Waals surface area contributed by atoms with Gasteiger partial charge >= 0.3 is 0 Å². The molecule has 2 saturated heterocycles. The molecule has 3 heterocycles. The van der Waals surface area contributed by atoms with Crippen LogP contribution in [0.4, 0.5) is 5.69 Å². The molecule has 2 fully saturated rings. The third kappa shape index (κ3) is 5.70. The highest BCUT2D eigenvalue weighted by atomic mass is 16.5. The normalized spacial score (nSPS) is 17.2. The highest BCUT2D eigenvalue weighted by molar-refractivity contribution is 5.84. The van der Waals surface area contributed by atoms with Crippen molar-refractivity contribution in [1.82, 2.24) is 19.8 Å². The minimum absolute atomic E-state index is 0.0219. The number of amides is 1. The van der Waals surface area contributed by atoms with Crippen molar-refractivity contribution in [3.05, 3.63) is 52.8 Å². The number of carbonyl (C=O) groups excluding carboxylic acids is 1. The van der Waals surface area contributed by atoms with E-state index >= 15 is 0 Å². The quantitative estimate of drug-likeness (QED) is 0.509. The van der Waals surface area contributed by atoms with Gasteiger partial charge in [-0.1, -0.05) is 18.6 Å². The molecule has 1 N–H and O–H groups in total. The first kappa shape index (κ1) is 26.2. The van der Waals surface area contributed by atoms with Crippen LogP contribution in [0.15, 0.2) is 47.3 Å². The summed E-state index contributed by atoms with van der Waals surface area (Å²) in [6.45, 7) is 8.13. The van der Waals surface area contributed by atoms with E-state index in [0.717, 1.165) is 37.2 Å². The second kappa shape index (κ2) is 11.6. The van der Waals surface area contributed by atoms with Crippen LogP contribution in [-0.4, -0.2) is 65.7 Å². The van der Waals surface area contributed by atoms with Gasteiger partial charge in [0.25, 0.3) is 5.56 Å². The Hall–Kier alpha value is -3.39. The van der Waals surface area contributed by atoms with Crippen molar-refractivity contribution in [2.45, 2.75) is 64.6 Å². The van der Waals surface area contributed by atoms with Gasteiger partial charge in [-0.15, -0.1) is 0 Å². The van der Waals surface area contributed by atoms with E-state index in [2.05, 4.69) is 21.2 Å². The number of anilines is 1. The predicted octanol–water partition coefficient (Wildman–Crippen LogP) is 4.05. The number of nitrogens with one attached hydrogen (secondary N) is 1. The Labute approximate surface area is 224 Å². The summed E-state index contributed by atoms with van der Waals surface area (Å²) in [6.07, 6.45) is 6.28. The minimum atomic E-state index is -0.219. The number of rotatable bonds is 7. The summed E-state index contributed by atoms with van der Waals surface area (Å²) in [6, 6.07) is 14.0. The van der Waals surface area contributed by atoms with Gasteiger partial charge in [0.05, 0.1) is 18.0 Å². The van der Waals surface area contributed by atoms with Crippen molar-refractivity contribution in [2.24, 2.45) is 0 Å². The lowest BCUT2D eigenvalue weighted by Crippen LogP contribution is -2.46. The number of piperidine rings is 2. The molecule has 2 aromatic carbocycles. The van der Waals surface area contributed by atoms with Crippen LogP contribution in [0.2, 0.25) is 0 Å². The van der Waals surface area contributed by atoms with E-state index < -0.39 is 0 Å². The number of methoxy groups -OCH3 is 1. The van der Waals surface area contributed by atoms with E-state index in [1.165, 1.54) is 36.9 Å². The van der Waals surface area contributed by atoms with Crippen molar-refractivity contribution in [1.29, 1.82) is 0 Å². The van der Waals surface area contributed by atoms with Crippen LogP contribution in [0, 0.1) is 0 Å². The molecule has 1 aromatic heterocycles. The fourth-order valence-electron chi connectivity index (χ4n) is 5.82. The molecular formula is C30H39N5O3. The SMILES string of the molecule is COc1cccc(-c2nc3ccc(N4CCC(N5CCCCC5)CC4)cc3c(=O)n2CC(=O)NC(C)C)c1. The summed E-state index contributed by atoms with van der Waals surface area (Å²) in [5, 5.41) is 3.43. The molecule has 0 spiro atoms. The Kier molecular flexibility index (Phi) is 7.98. The van der Waals surface area contributed by atoms with Crippen molar-refractivity contribution < 1.29 is 9.53 Å². The molecule has 5 rings (SSSR count). The molecule has 202 valence electrons. The van der Waals surface area contributed by atoms with Crippen LogP contribution in [0.25, 0.3) is 22.3 Å². The Morgan fingerprint density at radius 1 is 1.05 bits per heavy atom. The van der Waals surface area contributed by atoms with Crippen LogP contribution >= 0.6 is 0 Å². The summed E-state index contributed by atoms with van der Waals surface area (Å²) in [7, 11) is 1.60. The maximum atomic E-state index is 13.9. The first-order valence-electron chi connectivity index (χ1n) is 13.9. The smallest absolute Gasteiger partial charge is 0.262 e. The largest absolute Gasteiger partial charge is 0.497 e. The van der Waals surface area contributed by atoms with Crippen molar-refractivity contribution in [3.63, 3.8) is 0 Å². The lowest BCUT2D eigenvalue weighted by molar-refractivity contribution is -0.122. The molecular weight excluding hydrogens is 478 g/mol. The number of fused-ring (bicyclic) bond motifs is 1. The summed E-state index contributed by atoms with van der Waals surface area (Å²) in [5.41, 5.74) is 2.18. The maximum absolute atomic E-state index is 13.9. The average molecular weight is 518 g/mol. The number of nitrogens with zero attached hydrogens (tertiary/aromatic N) is 4. The molecule has 0 unspecified atom stereocenters. The third-order valence-corrected chi connectivity index (χ3v) is 7.75. The topological polar surface area (TPSA) is 79.7 Å². The van der Waals surface area contributed by atoms with E-state index in [4.69, 9.17) is 9.72 Å². The first-order chi connectivity index (χ1) is 18.4. The summed E-state index contributed by atoms with van der Waals surface area (Å²) in [5.74, 6) is 0.900. The maximum Gasteiger partial charge on any atom is 0.262 e. The highest BCUT2D eigenvalue weighted by Gasteiger charge is 2.26. The predicted molar refractivity (Wildman–Crippen MR) is 152 cm³/mol. The van der Waals surface area contributed by atoms with Gasteiger partial charge < -0.3 is 19.9 Å². The second-order valence-corrected chi connectivity index (χ2v) is 10.8. The van der Waals surface area contributed by atoms with E-state index in [-0.39, 0.29) is 24.1 Å². The molecule has 8 nitrogen and oxygen atoms in total. The van der Waals surface area contributed by atoms with Crippen LogP contribution < -0.4 is 20.5 Å². The Balaban J connectivity index is 1.47. The average Bonchev–Trinajstić information content (AvgIpc) is 2.94. The second-order valence-electron chi connectivity index (χ2n) is 10.8. The molecule has 8 heteroatoms. The van der Waals surface area contributed by atoms with Crippen molar-refractivity contribution >= 4 is 22.5 Å². The van der Waals surface area contributed by atoms with Gasteiger partial charge in [-0.2, -0.15) is 0 Å². The molecule has 38 heavy (non-hydrogen) atoms. The Bertz CT molecular complexity index is 1340. The van der Waals surface area contributed by atoms with E-state index in [0.29, 0.717) is 28.5 Å². The van der Waals surface area contributed by atoms with E-state index in [1.54, 1.807) is 7.11 Å². The van der Waals surface area contributed by atoms with Gasteiger partial charge in [-0.25, -0.2) is 4.98 Å². The highest BCUT2D eigenvalue weighted by Crippen LogP contribution is 2.28. The third-order valence-electron chi connectivity index (χ3n) is 7.75. The zero-order valence-electron chi connectivity index (χ0n) is 22.8.